The van der Waals surface area contributed by atoms with Gasteiger partial charge in [-0.3, -0.25) is 0 Å². The van der Waals surface area contributed by atoms with Crippen LogP contribution in [0.5, 0.6) is 0 Å². The zero-order valence-electron chi connectivity index (χ0n) is 19.3. The maximum Gasteiger partial charge on any atom is 0.192 e. The largest absolute Gasteiger partial charge is 0.417 e. The summed E-state index contributed by atoms with van der Waals surface area (Å²) in [7, 11) is -1.85. The topological polar surface area (TPSA) is 39.7 Å². The normalized spacial score (nSPS) is 13.1. The molecule has 27 heavy (non-hydrogen) atoms. The molecule has 0 aliphatic rings. The van der Waals surface area contributed by atoms with Crippen LogP contribution in [0, 0.1) is 0 Å². The second kappa shape index (κ2) is 17.2. The van der Waals surface area contributed by atoms with E-state index in [4.69, 9.17) is 13.9 Å². The fourth-order valence-corrected chi connectivity index (χ4v) is 8.31. The van der Waals surface area contributed by atoms with Crippen molar-refractivity contribution in [2.75, 3.05) is 32.9 Å². The molecule has 1 N–H and O–H groups in total. The lowest BCUT2D eigenvalue weighted by Crippen LogP contribution is -2.40. The van der Waals surface area contributed by atoms with E-state index in [1.54, 1.807) is 0 Å². The van der Waals surface area contributed by atoms with E-state index < -0.39 is 8.32 Å². The van der Waals surface area contributed by atoms with Crippen molar-refractivity contribution in [1.29, 1.82) is 0 Å². The number of nitrogens with one attached hydrogen (secondary N) is 1. The third kappa shape index (κ3) is 13.2. The summed E-state index contributed by atoms with van der Waals surface area (Å²) >= 11 is 0. The third-order valence-electron chi connectivity index (χ3n) is 5.34. The minimum absolute atomic E-state index is 0.268. The second-order valence-electron chi connectivity index (χ2n) is 7.88. The van der Waals surface area contributed by atoms with Gasteiger partial charge in [-0.25, -0.2) is 0 Å². The first kappa shape index (κ1) is 27.3. The van der Waals surface area contributed by atoms with Gasteiger partial charge in [0.15, 0.2) is 8.32 Å². The Morgan fingerprint density at radius 3 is 1.89 bits per heavy atom. The third-order valence-corrected chi connectivity index (χ3v) is 12.2. The average Bonchev–Trinajstić information content (AvgIpc) is 2.69. The Bertz CT molecular complexity index is 321. The van der Waals surface area contributed by atoms with E-state index >= 15 is 0 Å². The highest BCUT2D eigenvalue weighted by atomic mass is 28.4. The highest BCUT2D eigenvalue weighted by Gasteiger charge is 2.30. The minimum atomic E-state index is -1.46. The molecular weight excluding hydrogens is 370 g/mol. The summed E-state index contributed by atoms with van der Waals surface area (Å²) in [6.07, 6.45) is 5.75. The highest BCUT2D eigenvalue weighted by Crippen LogP contribution is 2.23. The Kier molecular flexibility index (Phi) is 17.3. The highest BCUT2D eigenvalue weighted by molar-refractivity contribution is 6.73. The van der Waals surface area contributed by atoms with Crippen LogP contribution >= 0.6 is 0 Å². The predicted molar refractivity (Wildman–Crippen MR) is 124 cm³/mol. The molecular formula is C21H49NO3Si2. The van der Waals surface area contributed by atoms with Crippen LogP contribution < -0.4 is 5.32 Å². The molecule has 4 nitrogen and oxygen atoms in total. The van der Waals surface area contributed by atoms with E-state index in [1.807, 2.05) is 0 Å². The van der Waals surface area contributed by atoms with Crippen molar-refractivity contribution in [2.45, 2.75) is 103 Å². The Balaban J connectivity index is 3.93. The summed E-state index contributed by atoms with van der Waals surface area (Å²) in [5.41, 5.74) is -0.268. The van der Waals surface area contributed by atoms with Crippen LogP contribution in [0.25, 0.3) is 0 Å². The maximum absolute atomic E-state index is 6.31. The lowest BCUT2D eigenvalue weighted by molar-refractivity contribution is -0.169. The molecule has 0 saturated carbocycles. The van der Waals surface area contributed by atoms with Gasteiger partial charge in [0.05, 0.1) is 9.52 Å². The summed E-state index contributed by atoms with van der Waals surface area (Å²) in [5.74, 6) is 0. The van der Waals surface area contributed by atoms with Gasteiger partial charge in [-0.1, -0.05) is 40.7 Å². The van der Waals surface area contributed by atoms with Crippen LogP contribution in [-0.4, -0.2) is 56.2 Å². The van der Waals surface area contributed by atoms with Gasteiger partial charge < -0.3 is 19.2 Å². The van der Waals surface area contributed by atoms with E-state index in [9.17, 15) is 0 Å². The van der Waals surface area contributed by atoms with Crippen LogP contribution in [0.4, 0.5) is 0 Å². The van der Waals surface area contributed by atoms with Gasteiger partial charge in [0.25, 0.3) is 0 Å². The van der Waals surface area contributed by atoms with E-state index in [0.29, 0.717) is 0 Å². The Morgan fingerprint density at radius 1 is 0.815 bits per heavy atom. The Hall–Kier alpha value is 0.274. The van der Waals surface area contributed by atoms with Gasteiger partial charge in [0.2, 0.25) is 0 Å². The van der Waals surface area contributed by atoms with Crippen molar-refractivity contribution < 1.29 is 13.9 Å². The van der Waals surface area contributed by atoms with Gasteiger partial charge >= 0.3 is 0 Å². The molecule has 0 fully saturated rings. The van der Waals surface area contributed by atoms with Crippen molar-refractivity contribution >= 4 is 17.8 Å². The summed E-state index contributed by atoms with van der Waals surface area (Å²) in [4.78, 5) is 0. The quantitative estimate of drug-likeness (QED) is 0.173. The van der Waals surface area contributed by atoms with Crippen LogP contribution in [0.15, 0.2) is 0 Å². The SMILES string of the molecule is CCCOC(C)(OCCC)[SiH2]CCCNCCC[Si](CC)(CC)OCCC. The van der Waals surface area contributed by atoms with Crippen LogP contribution in [0.1, 0.15) is 73.6 Å². The van der Waals surface area contributed by atoms with Gasteiger partial charge in [-0.15, -0.1) is 0 Å². The lowest BCUT2D eigenvalue weighted by Gasteiger charge is -2.30. The zero-order chi connectivity index (χ0) is 20.4. The molecule has 6 heteroatoms. The molecule has 0 unspecified atom stereocenters. The zero-order valence-corrected chi connectivity index (χ0v) is 21.7. The molecule has 0 aromatic carbocycles. The summed E-state index contributed by atoms with van der Waals surface area (Å²) < 4.78 is 18.4. The summed E-state index contributed by atoms with van der Waals surface area (Å²) in [6, 6.07) is 5.08. The lowest BCUT2D eigenvalue weighted by atomic mass is 10.4. The first-order valence-corrected chi connectivity index (χ1v) is 15.9. The van der Waals surface area contributed by atoms with Crippen LogP contribution in [0.3, 0.4) is 0 Å². The number of ether oxygens (including phenoxy) is 2. The van der Waals surface area contributed by atoms with Gasteiger partial charge in [0, 0.05) is 19.8 Å². The molecule has 0 atom stereocenters. The van der Waals surface area contributed by atoms with E-state index in [-0.39, 0.29) is 14.9 Å². The number of hydrogen-bond acceptors (Lipinski definition) is 4. The van der Waals surface area contributed by atoms with Crippen molar-refractivity contribution in [3.63, 3.8) is 0 Å². The summed E-state index contributed by atoms with van der Waals surface area (Å²) in [6.45, 7) is 18.2. The summed E-state index contributed by atoms with van der Waals surface area (Å²) in [5, 5.41) is 3.64. The fourth-order valence-electron chi connectivity index (χ4n) is 3.38. The molecule has 0 aromatic rings. The molecule has 0 radical (unpaired) electrons. The van der Waals surface area contributed by atoms with Gasteiger partial charge in [0.1, 0.15) is 5.41 Å². The monoisotopic (exact) mass is 419 g/mol. The molecule has 0 aliphatic carbocycles. The standard InChI is InChI=1S/C21H49NO3Si2/c1-7-16-23-21(6,24-17-8-2)26-19-12-14-22-15-13-20-27(10-4,11-5)25-18-9-3/h22H,7-20,26H2,1-6H3. The molecule has 0 spiro atoms. The first-order chi connectivity index (χ1) is 13.0. The smallest absolute Gasteiger partial charge is 0.192 e. The van der Waals surface area contributed by atoms with Crippen molar-refractivity contribution in [1.82, 2.24) is 5.32 Å². The van der Waals surface area contributed by atoms with Crippen molar-refractivity contribution in [3.8, 4) is 0 Å². The molecule has 0 heterocycles. The van der Waals surface area contributed by atoms with Gasteiger partial charge in [-0.05, 0) is 70.2 Å². The first-order valence-electron chi connectivity index (χ1n) is 11.6. The van der Waals surface area contributed by atoms with Crippen molar-refractivity contribution in [2.24, 2.45) is 0 Å². The Labute approximate surface area is 173 Å². The molecule has 0 aliphatic heterocycles. The second-order valence-corrected chi connectivity index (χ2v) is 14.9. The number of hydrogen-bond donors (Lipinski definition) is 1. The minimum Gasteiger partial charge on any atom is -0.417 e. The molecule has 0 aromatic heterocycles. The fraction of sp³-hybridized carbons (Fsp3) is 1.00. The molecule has 0 saturated heterocycles. The maximum atomic E-state index is 6.31. The van der Waals surface area contributed by atoms with Gasteiger partial charge in [-0.2, -0.15) is 0 Å². The predicted octanol–water partition coefficient (Wildman–Crippen LogP) is 4.88. The average molecular weight is 420 g/mol. The van der Waals surface area contributed by atoms with Crippen molar-refractivity contribution in [3.05, 3.63) is 0 Å². The van der Waals surface area contributed by atoms with E-state index in [1.165, 1.54) is 37.0 Å². The van der Waals surface area contributed by atoms with Crippen LogP contribution in [0.2, 0.25) is 24.2 Å². The van der Waals surface area contributed by atoms with E-state index in [2.05, 4.69) is 46.9 Å². The molecule has 164 valence electrons. The van der Waals surface area contributed by atoms with Crippen LogP contribution in [-0.2, 0) is 13.9 Å². The number of rotatable bonds is 20. The Morgan fingerprint density at radius 2 is 1.37 bits per heavy atom. The molecule has 0 rings (SSSR count). The van der Waals surface area contributed by atoms with E-state index in [0.717, 1.165) is 52.2 Å². The molecule has 0 bridgehead atoms. The molecule has 0 amide bonds.